The van der Waals surface area contributed by atoms with Gasteiger partial charge in [-0.25, -0.2) is 0 Å². The molecule has 0 aliphatic carbocycles. The summed E-state index contributed by atoms with van der Waals surface area (Å²) in [5.74, 6) is 1.72. The lowest BCUT2D eigenvalue weighted by Crippen LogP contribution is -2.24. The van der Waals surface area contributed by atoms with Crippen molar-refractivity contribution in [2.45, 2.75) is 52.1 Å². The number of nitrogens with one attached hydrogen (secondary N) is 2. The molecule has 0 saturated heterocycles. The zero-order chi connectivity index (χ0) is 17.6. The van der Waals surface area contributed by atoms with Crippen molar-refractivity contribution in [3.63, 3.8) is 0 Å². The Kier molecular flexibility index (Phi) is 3.63. The van der Waals surface area contributed by atoms with E-state index in [9.17, 15) is 4.79 Å². The van der Waals surface area contributed by atoms with Crippen LogP contribution >= 0.6 is 0 Å². The lowest BCUT2D eigenvalue weighted by Gasteiger charge is -2.18. The van der Waals surface area contributed by atoms with E-state index < -0.39 is 0 Å². The third kappa shape index (κ3) is 2.92. The number of fused-ring (bicyclic) bond motifs is 2. The summed E-state index contributed by atoms with van der Waals surface area (Å²) in [6.45, 7) is 7.88. The molecule has 0 radical (unpaired) electrons. The number of aromatic amines is 1. The van der Waals surface area contributed by atoms with Crippen molar-refractivity contribution < 1.29 is 4.79 Å². The first-order valence-electron chi connectivity index (χ1n) is 8.74. The minimum Gasteiger partial charge on any atom is -0.351 e. The summed E-state index contributed by atoms with van der Waals surface area (Å²) in [5.41, 5.74) is 2.88. The topological polar surface area (TPSA) is 75.6 Å². The van der Waals surface area contributed by atoms with Gasteiger partial charge in [-0.1, -0.05) is 32.9 Å². The Morgan fingerprint density at radius 2 is 2.12 bits per heavy atom. The average Bonchev–Trinajstić information content (AvgIpc) is 3.26. The smallest absolute Gasteiger partial charge is 0.268 e. The summed E-state index contributed by atoms with van der Waals surface area (Å²) >= 11 is 0. The Bertz CT molecular complexity index is 945. The fourth-order valence-electron chi connectivity index (χ4n) is 3.31. The van der Waals surface area contributed by atoms with Gasteiger partial charge in [0.1, 0.15) is 11.5 Å². The van der Waals surface area contributed by atoms with Crippen molar-refractivity contribution in [2.75, 3.05) is 0 Å². The molecule has 2 N–H and O–H groups in total. The Balaban J connectivity index is 1.51. The van der Waals surface area contributed by atoms with Gasteiger partial charge in [-0.05, 0) is 29.5 Å². The molecule has 0 bridgehead atoms. The van der Waals surface area contributed by atoms with Gasteiger partial charge in [0.25, 0.3) is 5.91 Å². The summed E-state index contributed by atoms with van der Waals surface area (Å²) in [6.07, 6.45) is 2.07. The number of hydrogen-bond donors (Lipinski definition) is 2. The van der Waals surface area contributed by atoms with E-state index in [1.165, 1.54) is 5.56 Å². The lowest BCUT2D eigenvalue weighted by atomic mass is 9.87. The minimum absolute atomic E-state index is 0.0791. The van der Waals surface area contributed by atoms with Crippen LogP contribution in [0.5, 0.6) is 0 Å². The number of H-pyrrole nitrogens is 1. The molecule has 6 nitrogen and oxygen atoms in total. The van der Waals surface area contributed by atoms with Crippen LogP contribution in [0.2, 0.25) is 0 Å². The van der Waals surface area contributed by atoms with Crippen molar-refractivity contribution in [1.82, 2.24) is 25.1 Å². The molecule has 2 aromatic heterocycles. The summed E-state index contributed by atoms with van der Waals surface area (Å²) in [5, 5.41) is 12.3. The summed E-state index contributed by atoms with van der Waals surface area (Å²) < 4.78 is 2.10. The van der Waals surface area contributed by atoms with E-state index >= 15 is 0 Å². The second-order valence-electron chi connectivity index (χ2n) is 7.71. The quantitative estimate of drug-likeness (QED) is 0.771. The molecule has 0 unspecified atom stereocenters. The predicted molar refractivity (Wildman–Crippen MR) is 96.5 cm³/mol. The molecule has 0 atom stereocenters. The highest BCUT2D eigenvalue weighted by atomic mass is 16.1. The van der Waals surface area contributed by atoms with E-state index in [2.05, 4.69) is 64.0 Å². The molecule has 0 spiro atoms. The van der Waals surface area contributed by atoms with Crippen molar-refractivity contribution >= 4 is 16.8 Å². The molecule has 3 aromatic rings. The van der Waals surface area contributed by atoms with Crippen LogP contribution < -0.4 is 5.32 Å². The molecule has 1 aliphatic heterocycles. The van der Waals surface area contributed by atoms with Crippen molar-refractivity contribution in [3.05, 3.63) is 47.2 Å². The number of aryl methyl sites for hydroxylation is 1. The Morgan fingerprint density at radius 3 is 2.92 bits per heavy atom. The van der Waals surface area contributed by atoms with Crippen LogP contribution in [0.15, 0.2) is 24.3 Å². The second kappa shape index (κ2) is 5.72. The molecule has 6 heteroatoms. The van der Waals surface area contributed by atoms with Crippen LogP contribution in [0.3, 0.4) is 0 Å². The first kappa shape index (κ1) is 15.9. The second-order valence-corrected chi connectivity index (χ2v) is 7.71. The van der Waals surface area contributed by atoms with Gasteiger partial charge < -0.3 is 14.9 Å². The molecule has 0 saturated carbocycles. The highest BCUT2D eigenvalue weighted by Crippen LogP contribution is 2.26. The van der Waals surface area contributed by atoms with Crippen LogP contribution in [-0.4, -0.2) is 25.7 Å². The van der Waals surface area contributed by atoms with Gasteiger partial charge in [0, 0.05) is 23.9 Å². The summed E-state index contributed by atoms with van der Waals surface area (Å²) in [4.78, 5) is 15.7. The van der Waals surface area contributed by atoms with E-state index in [1.807, 2.05) is 6.07 Å². The molecular formula is C19H23N5O. The largest absolute Gasteiger partial charge is 0.351 e. The number of carbonyl (C=O) groups is 1. The maximum Gasteiger partial charge on any atom is 0.268 e. The number of benzene rings is 1. The van der Waals surface area contributed by atoms with Crippen molar-refractivity contribution in [3.8, 4) is 0 Å². The molecule has 4 rings (SSSR count). The Morgan fingerprint density at radius 1 is 1.28 bits per heavy atom. The monoisotopic (exact) mass is 337 g/mol. The van der Waals surface area contributed by atoms with Crippen LogP contribution in [0.4, 0.5) is 0 Å². The van der Waals surface area contributed by atoms with Gasteiger partial charge in [0.15, 0.2) is 5.82 Å². The number of carbonyl (C=O) groups excluding carboxylic acids is 1. The lowest BCUT2D eigenvalue weighted by molar-refractivity contribution is 0.0945. The standard InChI is InChI=1S/C19H23N5O/c1-19(2,3)13-7-6-12-9-15(21-14(12)10-13)18(25)20-11-17-23-22-16-5-4-8-24(16)17/h6-7,9-10,21H,4-5,8,11H2,1-3H3,(H,20,25). The Labute approximate surface area is 146 Å². The molecule has 1 amide bonds. The van der Waals surface area contributed by atoms with Gasteiger partial charge >= 0.3 is 0 Å². The molecule has 1 aliphatic rings. The van der Waals surface area contributed by atoms with Gasteiger partial charge in [-0.3, -0.25) is 4.79 Å². The van der Waals surface area contributed by atoms with E-state index in [0.717, 1.165) is 41.9 Å². The number of rotatable bonds is 3. The van der Waals surface area contributed by atoms with E-state index in [0.29, 0.717) is 12.2 Å². The average molecular weight is 337 g/mol. The zero-order valence-corrected chi connectivity index (χ0v) is 14.9. The third-order valence-corrected chi connectivity index (χ3v) is 4.83. The van der Waals surface area contributed by atoms with Gasteiger partial charge in [0.05, 0.1) is 6.54 Å². The van der Waals surface area contributed by atoms with E-state index in [1.54, 1.807) is 0 Å². The van der Waals surface area contributed by atoms with Crippen molar-refractivity contribution in [2.24, 2.45) is 0 Å². The predicted octanol–water partition coefficient (Wildman–Crippen LogP) is 2.93. The van der Waals surface area contributed by atoms with Crippen molar-refractivity contribution in [1.29, 1.82) is 0 Å². The van der Waals surface area contributed by atoms with E-state index in [-0.39, 0.29) is 11.3 Å². The number of aromatic nitrogens is 4. The maximum atomic E-state index is 12.5. The highest BCUT2D eigenvalue weighted by molar-refractivity contribution is 5.98. The summed E-state index contributed by atoms with van der Waals surface area (Å²) in [6, 6.07) is 8.20. The van der Waals surface area contributed by atoms with Gasteiger partial charge in [-0.2, -0.15) is 0 Å². The van der Waals surface area contributed by atoms with Crippen LogP contribution in [0.25, 0.3) is 10.9 Å². The molecule has 3 heterocycles. The molecule has 25 heavy (non-hydrogen) atoms. The minimum atomic E-state index is -0.121. The van der Waals surface area contributed by atoms with Gasteiger partial charge in [-0.15, -0.1) is 10.2 Å². The fourth-order valence-corrected chi connectivity index (χ4v) is 3.31. The molecule has 1 aromatic carbocycles. The number of nitrogens with zero attached hydrogens (tertiary/aromatic N) is 3. The number of amides is 1. The van der Waals surface area contributed by atoms with Gasteiger partial charge in [0.2, 0.25) is 0 Å². The van der Waals surface area contributed by atoms with E-state index in [4.69, 9.17) is 0 Å². The zero-order valence-electron chi connectivity index (χ0n) is 14.9. The fraction of sp³-hybridized carbons (Fsp3) is 0.421. The SMILES string of the molecule is CC(C)(C)c1ccc2cc(C(=O)NCc3nnc4n3CCC4)[nH]c2c1. The summed E-state index contributed by atoms with van der Waals surface area (Å²) in [7, 11) is 0. The first-order valence-corrected chi connectivity index (χ1v) is 8.74. The molecule has 130 valence electrons. The highest BCUT2D eigenvalue weighted by Gasteiger charge is 2.19. The van der Waals surface area contributed by atoms with Crippen LogP contribution in [0.1, 0.15) is 54.9 Å². The number of hydrogen-bond acceptors (Lipinski definition) is 3. The van der Waals surface area contributed by atoms with Crippen LogP contribution in [0, 0.1) is 0 Å². The third-order valence-electron chi connectivity index (χ3n) is 4.83. The normalized spacial score (nSPS) is 14.0. The Hall–Kier alpha value is -2.63. The molecule has 0 fully saturated rings. The molecular weight excluding hydrogens is 314 g/mol. The maximum absolute atomic E-state index is 12.5. The first-order chi connectivity index (χ1) is 11.9. The van der Waals surface area contributed by atoms with Crippen LogP contribution in [-0.2, 0) is 24.9 Å².